The number of fused-ring (bicyclic) bond motifs is 2. The fraction of sp³-hybridized carbons (Fsp3) is 0.800. The van der Waals surface area contributed by atoms with Gasteiger partial charge in [0.2, 0.25) is 11.8 Å². The van der Waals surface area contributed by atoms with Crippen molar-refractivity contribution in [1.82, 2.24) is 10.2 Å². The zero-order valence-electron chi connectivity index (χ0n) is 14.6. The van der Waals surface area contributed by atoms with Crippen LogP contribution in [-0.2, 0) is 9.59 Å². The lowest BCUT2D eigenvalue weighted by atomic mass is 9.88. The molecule has 1 N–H and O–H groups in total. The van der Waals surface area contributed by atoms with Crippen LogP contribution in [0.3, 0.4) is 0 Å². The van der Waals surface area contributed by atoms with Crippen molar-refractivity contribution in [2.45, 2.75) is 63.8 Å². The highest BCUT2D eigenvalue weighted by Crippen LogP contribution is 2.44. The van der Waals surface area contributed by atoms with Gasteiger partial charge in [0.05, 0.1) is 0 Å². The number of amides is 2. The molecule has 24 heavy (non-hydrogen) atoms. The average Bonchev–Trinajstić information content (AvgIpc) is 3.26. The second-order valence-electron chi connectivity index (χ2n) is 8.33. The molecule has 0 radical (unpaired) electrons. The number of carbonyl (C=O) groups is 2. The van der Waals surface area contributed by atoms with Crippen molar-refractivity contribution < 1.29 is 9.59 Å². The number of allylic oxidation sites excluding steroid dienone is 2. The van der Waals surface area contributed by atoms with Crippen LogP contribution in [0.2, 0.25) is 0 Å². The second kappa shape index (κ2) is 6.89. The molecule has 0 aromatic carbocycles. The highest BCUT2D eigenvalue weighted by molar-refractivity contribution is 5.81. The number of piperidine rings is 1. The molecule has 4 rings (SSSR count). The first-order chi connectivity index (χ1) is 11.7. The lowest BCUT2D eigenvalue weighted by molar-refractivity contribution is -0.137. The molecule has 0 aromatic rings. The predicted octanol–water partition coefficient (Wildman–Crippen LogP) is 2.89. The zero-order chi connectivity index (χ0) is 16.5. The first kappa shape index (κ1) is 16.2. The summed E-state index contributed by atoms with van der Waals surface area (Å²) in [4.78, 5) is 27.2. The van der Waals surface area contributed by atoms with E-state index in [0.717, 1.165) is 45.2 Å². The number of hydrogen-bond donors (Lipinski definition) is 1. The molecule has 1 aliphatic heterocycles. The second-order valence-corrected chi connectivity index (χ2v) is 8.33. The summed E-state index contributed by atoms with van der Waals surface area (Å²) < 4.78 is 0. The molecule has 1 heterocycles. The maximum Gasteiger partial charge on any atom is 0.226 e. The van der Waals surface area contributed by atoms with Crippen LogP contribution in [0.15, 0.2) is 12.2 Å². The van der Waals surface area contributed by atoms with Gasteiger partial charge in [-0.2, -0.15) is 0 Å². The third kappa shape index (κ3) is 3.25. The number of carbonyl (C=O) groups excluding carboxylic acids is 2. The summed E-state index contributed by atoms with van der Waals surface area (Å²) in [6.07, 6.45) is 14.4. The Morgan fingerprint density at radius 1 is 0.917 bits per heavy atom. The summed E-state index contributed by atoms with van der Waals surface area (Å²) in [6.45, 7) is 1.62. The van der Waals surface area contributed by atoms with Crippen molar-refractivity contribution in [3.8, 4) is 0 Å². The molecular formula is C20H30N2O2. The molecule has 4 aliphatic rings. The summed E-state index contributed by atoms with van der Waals surface area (Å²) in [6, 6.07) is 0.267. The standard InChI is InChI=1S/C20H30N2O2/c23-19(15-4-2-1-3-5-15)21-17-8-10-22(11-9-17)20(24)18-13-14-6-7-16(18)12-14/h6-7,14-18H,1-5,8-13H2,(H,21,23). The molecule has 0 aromatic heterocycles. The Bertz CT molecular complexity index is 516. The largest absolute Gasteiger partial charge is 0.353 e. The van der Waals surface area contributed by atoms with Crippen LogP contribution >= 0.6 is 0 Å². The molecule has 3 atom stereocenters. The van der Waals surface area contributed by atoms with E-state index in [1.807, 2.05) is 0 Å². The van der Waals surface area contributed by atoms with E-state index in [2.05, 4.69) is 22.4 Å². The summed E-state index contributed by atoms with van der Waals surface area (Å²) in [7, 11) is 0. The number of nitrogens with one attached hydrogen (secondary N) is 1. The van der Waals surface area contributed by atoms with E-state index in [1.54, 1.807) is 0 Å². The van der Waals surface area contributed by atoms with E-state index in [4.69, 9.17) is 0 Å². The Balaban J connectivity index is 1.24. The Labute approximate surface area is 145 Å². The topological polar surface area (TPSA) is 49.4 Å². The highest BCUT2D eigenvalue weighted by atomic mass is 16.2. The molecule has 4 nitrogen and oxygen atoms in total. The van der Waals surface area contributed by atoms with Crippen molar-refractivity contribution >= 4 is 11.8 Å². The maximum absolute atomic E-state index is 12.8. The molecular weight excluding hydrogens is 300 g/mol. The van der Waals surface area contributed by atoms with Gasteiger partial charge < -0.3 is 10.2 Å². The van der Waals surface area contributed by atoms with Gasteiger partial charge in [0.1, 0.15) is 0 Å². The average molecular weight is 330 g/mol. The lowest BCUT2D eigenvalue weighted by Crippen LogP contribution is -2.49. The van der Waals surface area contributed by atoms with Crippen LogP contribution in [0.1, 0.15) is 57.8 Å². The molecule has 132 valence electrons. The molecule has 3 fully saturated rings. The number of rotatable bonds is 3. The maximum atomic E-state index is 12.8. The summed E-state index contributed by atoms with van der Waals surface area (Å²) in [5.41, 5.74) is 0. The first-order valence-corrected chi connectivity index (χ1v) is 9.98. The monoisotopic (exact) mass is 330 g/mol. The van der Waals surface area contributed by atoms with E-state index in [1.165, 1.54) is 25.7 Å². The molecule has 0 spiro atoms. The minimum atomic E-state index is 0.230. The zero-order valence-corrected chi connectivity index (χ0v) is 14.6. The fourth-order valence-electron chi connectivity index (χ4n) is 5.23. The third-order valence-electron chi connectivity index (χ3n) is 6.73. The van der Waals surface area contributed by atoms with Crippen LogP contribution < -0.4 is 5.32 Å². The molecule has 3 aliphatic carbocycles. The van der Waals surface area contributed by atoms with E-state index in [9.17, 15) is 9.59 Å². The van der Waals surface area contributed by atoms with E-state index in [0.29, 0.717) is 17.7 Å². The third-order valence-corrected chi connectivity index (χ3v) is 6.73. The van der Waals surface area contributed by atoms with Crippen LogP contribution in [-0.4, -0.2) is 35.8 Å². The first-order valence-electron chi connectivity index (χ1n) is 9.98. The fourth-order valence-corrected chi connectivity index (χ4v) is 5.23. The van der Waals surface area contributed by atoms with E-state index >= 15 is 0 Å². The van der Waals surface area contributed by atoms with Crippen molar-refractivity contribution in [1.29, 1.82) is 0 Å². The van der Waals surface area contributed by atoms with Gasteiger partial charge >= 0.3 is 0 Å². The minimum absolute atomic E-state index is 0.230. The van der Waals surface area contributed by atoms with Gasteiger partial charge in [-0.1, -0.05) is 31.4 Å². The summed E-state index contributed by atoms with van der Waals surface area (Å²) in [5.74, 6) is 2.23. The number of nitrogens with zero attached hydrogens (tertiary/aromatic N) is 1. The van der Waals surface area contributed by atoms with Crippen molar-refractivity contribution in [2.75, 3.05) is 13.1 Å². The molecule has 2 saturated carbocycles. The Kier molecular flexibility index (Phi) is 4.64. The molecule has 3 unspecified atom stereocenters. The van der Waals surface area contributed by atoms with E-state index < -0.39 is 0 Å². The van der Waals surface area contributed by atoms with Gasteiger partial charge in [0, 0.05) is 31.0 Å². The summed E-state index contributed by atoms with van der Waals surface area (Å²) >= 11 is 0. The van der Waals surface area contributed by atoms with Crippen molar-refractivity contribution in [3.05, 3.63) is 12.2 Å². The van der Waals surface area contributed by atoms with E-state index in [-0.39, 0.29) is 23.8 Å². The predicted molar refractivity (Wildman–Crippen MR) is 93.2 cm³/mol. The molecule has 2 bridgehead atoms. The van der Waals surface area contributed by atoms with Crippen LogP contribution in [0, 0.1) is 23.7 Å². The summed E-state index contributed by atoms with van der Waals surface area (Å²) in [5, 5.41) is 3.26. The molecule has 2 amide bonds. The lowest BCUT2D eigenvalue weighted by Gasteiger charge is -2.35. The van der Waals surface area contributed by atoms with Gasteiger partial charge in [0.15, 0.2) is 0 Å². The van der Waals surface area contributed by atoms with Crippen LogP contribution in [0.25, 0.3) is 0 Å². The minimum Gasteiger partial charge on any atom is -0.353 e. The SMILES string of the molecule is O=C(NC1CCN(C(=O)C2CC3C=CC2C3)CC1)C1CCCCC1. The molecule has 4 heteroatoms. The number of hydrogen-bond acceptors (Lipinski definition) is 2. The Morgan fingerprint density at radius 3 is 2.29 bits per heavy atom. The molecule has 1 saturated heterocycles. The van der Waals surface area contributed by atoms with Crippen molar-refractivity contribution in [2.24, 2.45) is 23.7 Å². The van der Waals surface area contributed by atoms with Gasteiger partial charge in [-0.05, 0) is 50.4 Å². The smallest absolute Gasteiger partial charge is 0.226 e. The van der Waals surface area contributed by atoms with Gasteiger partial charge in [-0.3, -0.25) is 9.59 Å². The van der Waals surface area contributed by atoms with Gasteiger partial charge in [-0.25, -0.2) is 0 Å². The Hall–Kier alpha value is -1.32. The quantitative estimate of drug-likeness (QED) is 0.809. The van der Waals surface area contributed by atoms with Crippen molar-refractivity contribution in [3.63, 3.8) is 0 Å². The van der Waals surface area contributed by atoms with Gasteiger partial charge in [0.25, 0.3) is 0 Å². The highest BCUT2D eigenvalue weighted by Gasteiger charge is 2.42. The van der Waals surface area contributed by atoms with Crippen LogP contribution in [0.4, 0.5) is 0 Å². The van der Waals surface area contributed by atoms with Gasteiger partial charge in [-0.15, -0.1) is 0 Å². The van der Waals surface area contributed by atoms with Crippen LogP contribution in [0.5, 0.6) is 0 Å². The Morgan fingerprint density at radius 2 is 1.67 bits per heavy atom. The number of likely N-dealkylation sites (tertiary alicyclic amines) is 1. The normalized spacial score (nSPS) is 33.8.